The fourth-order valence-electron chi connectivity index (χ4n) is 6.92. The molecular formula is C20H30O2. The van der Waals surface area contributed by atoms with Gasteiger partial charge >= 0.3 is 0 Å². The molecule has 122 valence electrons. The molecule has 0 aromatic heterocycles. The molecule has 22 heavy (non-hydrogen) atoms. The molecule has 0 heterocycles. The standard InChI is InChI=1S/C20H30O2/c1-12-11-20(3)13(10-17(12)21)4-5-14-15-6-7-18(22)19(15,2)9-8-16(14)20/h11,13-16,18,22H,4-10H2,1-3H3/t13-,14-,15-,16-,18-,19-,20-/m0/s1. The van der Waals surface area contributed by atoms with Crippen molar-refractivity contribution in [2.24, 2.45) is 34.5 Å². The molecule has 1 N–H and O–H groups in total. The molecule has 2 heteroatoms. The van der Waals surface area contributed by atoms with Crippen LogP contribution in [0.4, 0.5) is 0 Å². The van der Waals surface area contributed by atoms with Crippen molar-refractivity contribution in [2.45, 2.75) is 71.8 Å². The van der Waals surface area contributed by atoms with E-state index in [4.69, 9.17) is 0 Å². The van der Waals surface area contributed by atoms with Crippen LogP contribution in [0.3, 0.4) is 0 Å². The summed E-state index contributed by atoms with van der Waals surface area (Å²) in [5.74, 6) is 3.11. The van der Waals surface area contributed by atoms with E-state index in [1.165, 1.54) is 32.1 Å². The molecule has 2 nitrogen and oxygen atoms in total. The van der Waals surface area contributed by atoms with Crippen molar-refractivity contribution in [3.05, 3.63) is 11.6 Å². The Bertz CT molecular complexity index is 536. The van der Waals surface area contributed by atoms with Crippen molar-refractivity contribution in [1.82, 2.24) is 0 Å². The van der Waals surface area contributed by atoms with Gasteiger partial charge in [0.2, 0.25) is 0 Å². The van der Waals surface area contributed by atoms with Crippen molar-refractivity contribution in [2.75, 3.05) is 0 Å². The second-order valence-corrected chi connectivity index (χ2v) is 9.11. The molecule has 0 saturated heterocycles. The minimum absolute atomic E-state index is 0.0887. The van der Waals surface area contributed by atoms with Crippen molar-refractivity contribution >= 4 is 5.78 Å². The van der Waals surface area contributed by atoms with Gasteiger partial charge in [-0.1, -0.05) is 19.9 Å². The average Bonchev–Trinajstić information content (AvgIpc) is 2.77. The quantitative estimate of drug-likeness (QED) is 0.730. The SMILES string of the molecule is CC1=C[C@@]2(C)[C@@H](CC[C@@H]3[C@@H]2CC[C@]2(C)[C@@H](O)CC[C@@H]32)CC1=O. The number of hydrogen-bond acceptors (Lipinski definition) is 2. The van der Waals surface area contributed by atoms with Crippen molar-refractivity contribution in [3.63, 3.8) is 0 Å². The van der Waals surface area contributed by atoms with E-state index < -0.39 is 0 Å². The van der Waals surface area contributed by atoms with Crippen molar-refractivity contribution in [1.29, 1.82) is 0 Å². The number of carbonyl (C=O) groups excluding carboxylic acids is 1. The molecule has 0 amide bonds. The summed E-state index contributed by atoms with van der Waals surface area (Å²) >= 11 is 0. The second-order valence-electron chi connectivity index (χ2n) is 9.11. The third-order valence-corrected chi connectivity index (χ3v) is 8.31. The minimum Gasteiger partial charge on any atom is -0.393 e. The zero-order valence-corrected chi connectivity index (χ0v) is 14.3. The maximum Gasteiger partial charge on any atom is 0.158 e. The minimum atomic E-state index is -0.0887. The topological polar surface area (TPSA) is 37.3 Å². The fourth-order valence-corrected chi connectivity index (χ4v) is 6.92. The van der Waals surface area contributed by atoms with Crippen LogP contribution in [-0.2, 0) is 4.79 Å². The summed E-state index contributed by atoms with van der Waals surface area (Å²) in [6, 6.07) is 0. The van der Waals surface area contributed by atoms with Gasteiger partial charge in [0.05, 0.1) is 6.10 Å². The van der Waals surface area contributed by atoms with Gasteiger partial charge < -0.3 is 5.11 Å². The van der Waals surface area contributed by atoms with Crippen LogP contribution in [0.5, 0.6) is 0 Å². The lowest BCUT2D eigenvalue weighted by Gasteiger charge is -2.58. The molecule has 0 unspecified atom stereocenters. The highest BCUT2D eigenvalue weighted by Crippen LogP contribution is 2.65. The highest BCUT2D eigenvalue weighted by Gasteiger charge is 2.59. The first-order valence-electron chi connectivity index (χ1n) is 9.27. The molecule has 4 aliphatic rings. The van der Waals surface area contributed by atoms with Gasteiger partial charge in [-0.15, -0.1) is 0 Å². The Morgan fingerprint density at radius 1 is 1.09 bits per heavy atom. The molecule has 0 aromatic rings. The van der Waals surface area contributed by atoms with Crippen LogP contribution in [0.15, 0.2) is 11.6 Å². The first kappa shape index (κ1) is 14.9. The Morgan fingerprint density at radius 3 is 2.64 bits per heavy atom. The zero-order chi connectivity index (χ0) is 15.7. The van der Waals surface area contributed by atoms with E-state index in [9.17, 15) is 9.90 Å². The molecule has 0 spiro atoms. The number of aliphatic hydroxyl groups is 1. The maximum absolute atomic E-state index is 12.1. The number of Topliss-reactive ketones (excluding diaryl/α,β-unsaturated/α-hetero) is 1. The Labute approximate surface area is 134 Å². The van der Waals surface area contributed by atoms with E-state index in [0.29, 0.717) is 17.6 Å². The Hall–Kier alpha value is -0.630. The molecule has 0 bridgehead atoms. The summed E-state index contributed by atoms with van der Waals surface area (Å²) in [7, 11) is 0. The molecular weight excluding hydrogens is 272 g/mol. The lowest BCUT2D eigenvalue weighted by atomic mass is 9.46. The Balaban J connectivity index is 1.70. The third-order valence-electron chi connectivity index (χ3n) is 8.31. The van der Waals surface area contributed by atoms with Crippen LogP contribution in [0.1, 0.15) is 65.7 Å². The van der Waals surface area contributed by atoms with Gasteiger partial charge in [-0.25, -0.2) is 0 Å². The zero-order valence-electron chi connectivity index (χ0n) is 14.3. The number of aliphatic hydroxyl groups excluding tert-OH is 1. The largest absolute Gasteiger partial charge is 0.393 e. The number of ketones is 1. The predicted octanol–water partition coefficient (Wildman–Crippen LogP) is 4.13. The molecule has 0 radical (unpaired) electrons. The van der Waals surface area contributed by atoms with Crippen LogP contribution in [0.2, 0.25) is 0 Å². The summed E-state index contributed by atoms with van der Waals surface area (Å²) in [5, 5.41) is 10.5. The van der Waals surface area contributed by atoms with E-state index in [2.05, 4.69) is 19.9 Å². The number of hydrogen-bond donors (Lipinski definition) is 1. The highest BCUT2D eigenvalue weighted by atomic mass is 16.3. The van der Waals surface area contributed by atoms with Gasteiger partial charge in [0.1, 0.15) is 0 Å². The molecule has 3 saturated carbocycles. The average molecular weight is 302 g/mol. The number of carbonyl (C=O) groups is 1. The van der Waals surface area contributed by atoms with Crippen molar-refractivity contribution < 1.29 is 9.90 Å². The smallest absolute Gasteiger partial charge is 0.158 e. The van der Waals surface area contributed by atoms with E-state index >= 15 is 0 Å². The molecule has 4 rings (SSSR count). The van der Waals surface area contributed by atoms with Crippen LogP contribution in [-0.4, -0.2) is 17.0 Å². The van der Waals surface area contributed by atoms with Crippen molar-refractivity contribution in [3.8, 4) is 0 Å². The molecule has 0 aliphatic heterocycles. The molecule has 0 aromatic carbocycles. The second kappa shape index (κ2) is 4.69. The molecule has 4 aliphatic carbocycles. The lowest BCUT2D eigenvalue weighted by molar-refractivity contribution is -0.125. The summed E-state index contributed by atoms with van der Waals surface area (Å²) in [6.07, 6.45) is 10.1. The van der Waals surface area contributed by atoms with Gasteiger partial charge in [-0.3, -0.25) is 4.79 Å². The van der Waals surface area contributed by atoms with E-state index in [1.807, 2.05) is 6.92 Å². The van der Waals surface area contributed by atoms with E-state index in [1.54, 1.807) is 0 Å². The van der Waals surface area contributed by atoms with Crippen LogP contribution in [0.25, 0.3) is 0 Å². The van der Waals surface area contributed by atoms with Gasteiger partial charge in [0, 0.05) is 6.42 Å². The monoisotopic (exact) mass is 302 g/mol. The fraction of sp³-hybridized carbons (Fsp3) is 0.850. The summed E-state index contributed by atoms with van der Waals surface area (Å²) in [4.78, 5) is 12.1. The summed E-state index contributed by atoms with van der Waals surface area (Å²) in [5.41, 5.74) is 1.38. The van der Waals surface area contributed by atoms with Crippen LogP contribution >= 0.6 is 0 Å². The van der Waals surface area contributed by atoms with E-state index in [0.717, 1.165) is 30.3 Å². The maximum atomic E-state index is 12.1. The summed E-state index contributed by atoms with van der Waals surface area (Å²) < 4.78 is 0. The Morgan fingerprint density at radius 2 is 1.86 bits per heavy atom. The summed E-state index contributed by atoms with van der Waals surface area (Å²) in [6.45, 7) is 6.78. The van der Waals surface area contributed by atoms with Crippen LogP contribution in [0, 0.1) is 34.5 Å². The molecule has 7 atom stereocenters. The van der Waals surface area contributed by atoms with Crippen LogP contribution < -0.4 is 0 Å². The Kier molecular flexibility index (Phi) is 3.18. The van der Waals surface area contributed by atoms with Gasteiger partial charge in [-0.2, -0.15) is 0 Å². The number of rotatable bonds is 0. The first-order chi connectivity index (χ1) is 10.4. The normalized spacial score (nSPS) is 54.3. The predicted molar refractivity (Wildman–Crippen MR) is 87.3 cm³/mol. The number of fused-ring (bicyclic) bond motifs is 5. The highest BCUT2D eigenvalue weighted by molar-refractivity contribution is 5.96. The number of allylic oxidation sites excluding steroid dienone is 2. The van der Waals surface area contributed by atoms with Gasteiger partial charge in [0.25, 0.3) is 0 Å². The van der Waals surface area contributed by atoms with E-state index in [-0.39, 0.29) is 16.9 Å². The van der Waals surface area contributed by atoms with Gasteiger partial charge in [0.15, 0.2) is 5.78 Å². The third kappa shape index (κ3) is 1.79. The van der Waals surface area contributed by atoms with Gasteiger partial charge in [-0.05, 0) is 85.5 Å². The lowest BCUT2D eigenvalue weighted by Crippen LogP contribution is -2.53. The molecule has 3 fully saturated rings. The first-order valence-corrected chi connectivity index (χ1v) is 9.27.